The molecule has 0 aliphatic carbocycles. The number of hydrogen-bond acceptors (Lipinski definition) is 5. The highest BCUT2D eigenvalue weighted by Gasteiger charge is 2.21. The molecule has 1 amide bonds. The summed E-state index contributed by atoms with van der Waals surface area (Å²) in [7, 11) is 0. The van der Waals surface area contributed by atoms with Gasteiger partial charge in [-0.05, 0) is 32.0 Å². The van der Waals surface area contributed by atoms with Crippen LogP contribution in [0.15, 0.2) is 18.2 Å². The fourth-order valence-corrected chi connectivity index (χ4v) is 2.71. The maximum absolute atomic E-state index is 11.6. The monoisotopic (exact) mass is 314 g/mol. The van der Waals surface area contributed by atoms with E-state index in [2.05, 4.69) is 21.2 Å². The molecule has 0 atom stereocenters. The number of amides is 1. The Morgan fingerprint density at radius 2 is 1.96 bits per heavy atom. The minimum absolute atomic E-state index is 0.00869. The van der Waals surface area contributed by atoms with Crippen LogP contribution in [-0.4, -0.2) is 55.9 Å². The van der Waals surface area contributed by atoms with Gasteiger partial charge in [0.15, 0.2) is 5.78 Å². The van der Waals surface area contributed by atoms with Gasteiger partial charge < -0.3 is 10.2 Å². The second-order valence-electron chi connectivity index (χ2n) is 5.62. The SMILES string of the molecule is CCNC(=O)CN1CCN(c2cc(C(C)=O)ccc2C#N)CC1. The van der Waals surface area contributed by atoms with E-state index in [0.29, 0.717) is 24.2 Å². The molecule has 1 heterocycles. The van der Waals surface area contributed by atoms with Gasteiger partial charge in [0.1, 0.15) is 6.07 Å². The summed E-state index contributed by atoms with van der Waals surface area (Å²) in [5.74, 6) is 0.0304. The highest BCUT2D eigenvalue weighted by molar-refractivity contribution is 5.95. The molecular weight excluding hydrogens is 292 g/mol. The summed E-state index contributed by atoms with van der Waals surface area (Å²) in [6, 6.07) is 7.37. The fraction of sp³-hybridized carbons (Fsp3) is 0.471. The zero-order chi connectivity index (χ0) is 16.8. The Balaban J connectivity index is 2.05. The minimum atomic E-state index is -0.00869. The molecule has 23 heavy (non-hydrogen) atoms. The van der Waals surface area contributed by atoms with Crippen molar-refractivity contribution in [1.82, 2.24) is 10.2 Å². The number of rotatable bonds is 5. The molecule has 0 unspecified atom stereocenters. The lowest BCUT2D eigenvalue weighted by molar-refractivity contribution is -0.122. The van der Waals surface area contributed by atoms with Crippen molar-refractivity contribution in [2.24, 2.45) is 0 Å². The number of benzene rings is 1. The van der Waals surface area contributed by atoms with Gasteiger partial charge >= 0.3 is 0 Å². The van der Waals surface area contributed by atoms with Crippen LogP contribution in [0.2, 0.25) is 0 Å². The molecule has 0 radical (unpaired) electrons. The van der Waals surface area contributed by atoms with Crippen molar-refractivity contribution in [3.05, 3.63) is 29.3 Å². The number of piperazine rings is 1. The second kappa shape index (κ2) is 7.75. The van der Waals surface area contributed by atoms with Crippen LogP contribution in [0.4, 0.5) is 5.69 Å². The highest BCUT2D eigenvalue weighted by atomic mass is 16.2. The van der Waals surface area contributed by atoms with Crippen LogP contribution in [-0.2, 0) is 4.79 Å². The lowest BCUT2D eigenvalue weighted by Crippen LogP contribution is -2.49. The van der Waals surface area contributed by atoms with E-state index in [1.165, 1.54) is 6.92 Å². The summed E-state index contributed by atoms with van der Waals surface area (Å²) >= 11 is 0. The normalized spacial score (nSPS) is 15.1. The van der Waals surface area contributed by atoms with Gasteiger partial charge in [-0.2, -0.15) is 5.26 Å². The summed E-state index contributed by atoms with van der Waals surface area (Å²) in [5.41, 5.74) is 1.99. The predicted molar refractivity (Wildman–Crippen MR) is 88.5 cm³/mol. The first-order chi connectivity index (χ1) is 11.0. The van der Waals surface area contributed by atoms with Gasteiger partial charge in [0, 0.05) is 38.3 Å². The summed E-state index contributed by atoms with van der Waals surface area (Å²) in [5, 5.41) is 12.1. The zero-order valence-corrected chi connectivity index (χ0v) is 13.6. The number of ketones is 1. The van der Waals surface area contributed by atoms with Crippen molar-refractivity contribution in [3.8, 4) is 6.07 Å². The van der Waals surface area contributed by atoms with Crippen LogP contribution in [0.25, 0.3) is 0 Å². The number of nitriles is 1. The molecule has 1 saturated heterocycles. The number of carbonyl (C=O) groups is 2. The van der Waals surface area contributed by atoms with Crippen molar-refractivity contribution in [1.29, 1.82) is 5.26 Å². The van der Waals surface area contributed by atoms with Crippen LogP contribution in [0.5, 0.6) is 0 Å². The molecule has 1 aliphatic rings. The number of hydrogen-bond donors (Lipinski definition) is 1. The Labute approximate surface area is 136 Å². The van der Waals surface area contributed by atoms with E-state index in [-0.39, 0.29) is 11.7 Å². The maximum atomic E-state index is 11.6. The number of anilines is 1. The largest absolute Gasteiger partial charge is 0.368 e. The Kier molecular flexibility index (Phi) is 5.72. The molecule has 6 nitrogen and oxygen atoms in total. The standard InChI is InChI=1S/C17H22N4O2/c1-3-19-17(23)12-20-6-8-21(9-7-20)16-10-14(13(2)22)4-5-15(16)11-18/h4-5,10H,3,6-9,12H2,1-2H3,(H,19,23). The van der Waals surface area contributed by atoms with Crippen molar-refractivity contribution >= 4 is 17.4 Å². The minimum Gasteiger partial charge on any atom is -0.368 e. The van der Waals surface area contributed by atoms with Gasteiger partial charge in [-0.1, -0.05) is 0 Å². The molecule has 0 bridgehead atoms. The Morgan fingerprint density at radius 1 is 1.26 bits per heavy atom. The summed E-state index contributed by atoms with van der Waals surface area (Å²) in [4.78, 5) is 27.4. The van der Waals surface area contributed by atoms with E-state index in [1.807, 2.05) is 6.92 Å². The number of Topliss-reactive ketones (excluding diaryl/α,β-unsaturated/α-hetero) is 1. The average molecular weight is 314 g/mol. The van der Waals surface area contributed by atoms with Gasteiger partial charge in [-0.15, -0.1) is 0 Å². The second-order valence-corrected chi connectivity index (χ2v) is 5.62. The van der Waals surface area contributed by atoms with Crippen LogP contribution >= 0.6 is 0 Å². The molecule has 0 saturated carbocycles. The van der Waals surface area contributed by atoms with Crippen molar-refractivity contribution < 1.29 is 9.59 Å². The molecule has 0 aromatic heterocycles. The molecule has 122 valence electrons. The van der Waals surface area contributed by atoms with Crippen LogP contribution < -0.4 is 10.2 Å². The van der Waals surface area contributed by atoms with Gasteiger partial charge in [0.2, 0.25) is 5.91 Å². The molecule has 1 aromatic rings. The first kappa shape index (κ1) is 17.0. The number of carbonyl (C=O) groups excluding carboxylic acids is 2. The quantitative estimate of drug-likeness (QED) is 0.821. The zero-order valence-electron chi connectivity index (χ0n) is 13.6. The molecule has 1 aliphatic heterocycles. The molecular formula is C17H22N4O2. The molecule has 1 aromatic carbocycles. The maximum Gasteiger partial charge on any atom is 0.234 e. The van der Waals surface area contributed by atoms with Gasteiger partial charge in [0.05, 0.1) is 17.8 Å². The highest BCUT2D eigenvalue weighted by Crippen LogP contribution is 2.23. The van der Waals surface area contributed by atoms with E-state index in [4.69, 9.17) is 0 Å². The van der Waals surface area contributed by atoms with Crippen molar-refractivity contribution in [3.63, 3.8) is 0 Å². The van der Waals surface area contributed by atoms with Crippen LogP contribution in [0.3, 0.4) is 0 Å². The van der Waals surface area contributed by atoms with Gasteiger partial charge in [-0.25, -0.2) is 0 Å². The van der Waals surface area contributed by atoms with E-state index < -0.39 is 0 Å². The Bertz CT molecular complexity index is 628. The average Bonchev–Trinajstić information content (AvgIpc) is 2.55. The summed E-state index contributed by atoms with van der Waals surface area (Å²) in [6.07, 6.45) is 0. The van der Waals surface area contributed by atoms with Gasteiger partial charge in [0.25, 0.3) is 0 Å². The molecule has 1 fully saturated rings. The van der Waals surface area contributed by atoms with E-state index in [9.17, 15) is 14.9 Å². The van der Waals surface area contributed by atoms with Crippen molar-refractivity contribution in [2.75, 3.05) is 44.2 Å². The molecule has 0 spiro atoms. The summed E-state index contributed by atoms with van der Waals surface area (Å²) in [6.45, 7) is 7.45. The number of nitrogens with one attached hydrogen (secondary N) is 1. The van der Waals surface area contributed by atoms with E-state index >= 15 is 0 Å². The first-order valence-corrected chi connectivity index (χ1v) is 7.84. The fourth-order valence-electron chi connectivity index (χ4n) is 2.71. The molecule has 1 N–H and O–H groups in total. The smallest absolute Gasteiger partial charge is 0.234 e. The van der Waals surface area contributed by atoms with Gasteiger partial charge in [-0.3, -0.25) is 14.5 Å². The Morgan fingerprint density at radius 3 is 2.52 bits per heavy atom. The lowest BCUT2D eigenvalue weighted by Gasteiger charge is -2.36. The summed E-state index contributed by atoms with van der Waals surface area (Å²) < 4.78 is 0. The number of nitrogens with zero attached hydrogens (tertiary/aromatic N) is 3. The molecule has 6 heteroatoms. The molecule has 2 rings (SSSR count). The number of likely N-dealkylation sites (N-methyl/N-ethyl adjacent to an activating group) is 1. The third-order valence-electron chi connectivity index (χ3n) is 3.98. The predicted octanol–water partition coefficient (Wildman–Crippen LogP) is 1.02. The van der Waals surface area contributed by atoms with Crippen LogP contribution in [0.1, 0.15) is 29.8 Å². The van der Waals surface area contributed by atoms with E-state index in [1.54, 1.807) is 18.2 Å². The van der Waals surface area contributed by atoms with E-state index in [0.717, 1.165) is 31.9 Å². The Hall–Kier alpha value is -2.39. The third kappa shape index (κ3) is 4.30. The lowest BCUT2D eigenvalue weighted by atomic mass is 10.1. The van der Waals surface area contributed by atoms with Crippen molar-refractivity contribution in [2.45, 2.75) is 13.8 Å². The topological polar surface area (TPSA) is 76.4 Å². The van der Waals surface area contributed by atoms with Crippen LogP contribution in [0, 0.1) is 11.3 Å². The first-order valence-electron chi connectivity index (χ1n) is 7.84. The third-order valence-corrected chi connectivity index (χ3v) is 3.98.